The third-order valence-electron chi connectivity index (χ3n) is 2.49. The smallest absolute Gasteiger partial charge is 0.0524 e. The summed E-state index contributed by atoms with van der Waals surface area (Å²) in [6, 6.07) is 0. The minimum atomic E-state index is 0.619. The number of rotatable bonds is 0. The Labute approximate surface area is 63.9 Å². The van der Waals surface area contributed by atoms with Crippen molar-refractivity contribution in [2.75, 3.05) is 13.2 Å². The van der Waals surface area contributed by atoms with E-state index in [9.17, 15) is 0 Å². The zero-order valence-electron chi connectivity index (χ0n) is 5.40. The van der Waals surface area contributed by atoms with Gasteiger partial charge in [-0.05, 0) is 24.7 Å². The predicted molar refractivity (Wildman–Crippen MR) is 39.8 cm³/mol. The Hall–Kier alpha value is 0.440. The summed E-state index contributed by atoms with van der Waals surface area (Å²) >= 11 is 3.59. The molecule has 0 aromatic carbocycles. The molecule has 0 atom stereocenters. The van der Waals surface area contributed by atoms with Crippen LogP contribution in [0.1, 0.15) is 19.3 Å². The first-order valence-corrected chi connectivity index (χ1v) is 4.44. The minimum Gasteiger partial charge on any atom is -0.381 e. The van der Waals surface area contributed by atoms with Crippen LogP contribution >= 0.6 is 15.9 Å². The molecular formula is C7H11BrO. The van der Waals surface area contributed by atoms with E-state index in [1.54, 1.807) is 0 Å². The van der Waals surface area contributed by atoms with Crippen LogP contribution in [0.25, 0.3) is 0 Å². The number of halogens is 1. The van der Waals surface area contributed by atoms with E-state index in [2.05, 4.69) is 15.9 Å². The van der Waals surface area contributed by atoms with Gasteiger partial charge in [0.1, 0.15) is 0 Å². The molecule has 1 aliphatic carbocycles. The molecular weight excluding hydrogens is 180 g/mol. The zero-order valence-corrected chi connectivity index (χ0v) is 6.99. The van der Waals surface area contributed by atoms with Gasteiger partial charge in [-0.25, -0.2) is 0 Å². The first-order valence-electron chi connectivity index (χ1n) is 3.53. The molecule has 0 aromatic rings. The highest BCUT2D eigenvalue weighted by molar-refractivity contribution is 9.09. The van der Waals surface area contributed by atoms with Gasteiger partial charge >= 0.3 is 0 Å². The van der Waals surface area contributed by atoms with Crippen molar-refractivity contribution in [3.8, 4) is 0 Å². The number of ether oxygens (including phenoxy) is 1. The maximum absolute atomic E-state index is 5.33. The minimum absolute atomic E-state index is 0.619. The summed E-state index contributed by atoms with van der Waals surface area (Å²) in [4.78, 5) is 0.791. The second-order valence-electron chi connectivity index (χ2n) is 3.31. The standard InChI is InChI=1S/C7H11BrO/c8-6-3-7(4-6)1-2-9-5-7/h6H,1-5H2. The third kappa shape index (κ3) is 0.926. The summed E-state index contributed by atoms with van der Waals surface area (Å²) < 4.78 is 5.33. The van der Waals surface area contributed by atoms with Crippen LogP contribution in [-0.4, -0.2) is 18.0 Å². The van der Waals surface area contributed by atoms with Crippen molar-refractivity contribution in [1.29, 1.82) is 0 Å². The summed E-state index contributed by atoms with van der Waals surface area (Å²) in [7, 11) is 0. The van der Waals surface area contributed by atoms with E-state index in [4.69, 9.17) is 4.74 Å². The molecule has 0 amide bonds. The average molecular weight is 191 g/mol. The average Bonchev–Trinajstić information content (AvgIpc) is 2.12. The van der Waals surface area contributed by atoms with E-state index in [-0.39, 0.29) is 0 Å². The highest BCUT2D eigenvalue weighted by atomic mass is 79.9. The number of alkyl halides is 1. The summed E-state index contributed by atoms with van der Waals surface area (Å²) in [5.41, 5.74) is 0.619. The molecule has 2 heteroatoms. The molecule has 2 fully saturated rings. The van der Waals surface area contributed by atoms with Crippen molar-refractivity contribution >= 4 is 15.9 Å². The molecule has 9 heavy (non-hydrogen) atoms. The molecule has 2 aliphatic rings. The summed E-state index contributed by atoms with van der Waals surface area (Å²) in [6.07, 6.45) is 3.98. The predicted octanol–water partition coefficient (Wildman–Crippen LogP) is 1.95. The summed E-state index contributed by atoms with van der Waals surface area (Å²) in [5.74, 6) is 0. The second-order valence-corrected chi connectivity index (χ2v) is 4.60. The Kier molecular flexibility index (Phi) is 1.34. The van der Waals surface area contributed by atoms with Crippen LogP contribution in [0.15, 0.2) is 0 Å². The molecule has 1 heterocycles. The van der Waals surface area contributed by atoms with Gasteiger partial charge < -0.3 is 4.74 Å². The SMILES string of the molecule is BrC1CC2(CCOC2)C1. The van der Waals surface area contributed by atoms with Gasteiger partial charge in [-0.2, -0.15) is 0 Å². The highest BCUT2D eigenvalue weighted by Crippen LogP contribution is 2.50. The Bertz CT molecular complexity index is 110. The van der Waals surface area contributed by atoms with Crippen LogP contribution in [0.2, 0.25) is 0 Å². The molecule has 1 saturated carbocycles. The lowest BCUT2D eigenvalue weighted by molar-refractivity contribution is 0.0993. The molecule has 0 radical (unpaired) electrons. The van der Waals surface area contributed by atoms with E-state index >= 15 is 0 Å². The fourth-order valence-corrected chi connectivity index (χ4v) is 3.22. The second kappa shape index (κ2) is 1.96. The van der Waals surface area contributed by atoms with E-state index in [1.165, 1.54) is 19.3 Å². The Morgan fingerprint density at radius 2 is 2.22 bits per heavy atom. The van der Waals surface area contributed by atoms with Gasteiger partial charge in [0.05, 0.1) is 6.61 Å². The lowest BCUT2D eigenvalue weighted by atomic mass is 9.68. The van der Waals surface area contributed by atoms with Gasteiger partial charge in [-0.15, -0.1) is 0 Å². The lowest BCUT2D eigenvalue weighted by Gasteiger charge is -2.41. The fraction of sp³-hybridized carbons (Fsp3) is 1.00. The van der Waals surface area contributed by atoms with Gasteiger partial charge in [0, 0.05) is 11.4 Å². The van der Waals surface area contributed by atoms with Crippen molar-refractivity contribution in [3.63, 3.8) is 0 Å². The molecule has 0 unspecified atom stereocenters. The molecule has 52 valence electrons. The Morgan fingerprint density at radius 3 is 2.67 bits per heavy atom. The van der Waals surface area contributed by atoms with Gasteiger partial charge in [0.25, 0.3) is 0 Å². The Balaban J connectivity index is 1.95. The topological polar surface area (TPSA) is 9.23 Å². The quantitative estimate of drug-likeness (QED) is 0.531. The Morgan fingerprint density at radius 1 is 1.44 bits per heavy atom. The van der Waals surface area contributed by atoms with E-state index in [0.29, 0.717) is 5.41 Å². The van der Waals surface area contributed by atoms with E-state index < -0.39 is 0 Å². The monoisotopic (exact) mass is 190 g/mol. The first-order chi connectivity index (χ1) is 4.31. The molecule has 0 aromatic heterocycles. The van der Waals surface area contributed by atoms with Crippen LogP contribution < -0.4 is 0 Å². The van der Waals surface area contributed by atoms with E-state index in [1.807, 2.05) is 0 Å². The molecule has 1 saturated heterocycles. The molecule has 2 rings (SSSR count). The van der Waals surface area contributed by atoms with Crippen LogP contribution in [0.3, 0.4) is 0 Å². The zero-order chi connectivity index (χ0) is 6.32. The van der Waals surface area contributed by atoms with Crippen LogP contribution in [0.5, 0.6) is 0 Å². The molecule has 1 spiro atoms. The van der Waals surface area contributed by atoms with Crippen LogP contribution in [-0.2, 0) is 4.74 Å². The van der Waals surface area contributed by atoms with Gasteiger partial charge in [0.2, 0.25) is 0 Å². The van der Waals surface area contributed by atoms with Crippen molar-refractivity contribution in [3.05, 3.63) is 0 Å². The maximum Gasteiger partial charge on any atom is 0.0524 e. The normalized spacial score (nSPS) is 49.7. The van der Waals surface area contributed by atoms with Gasteiger partial charge in [-0.3, -0.25) is 0 Å². The number of hydrogen-bond donors (Lipinski definition) is 0. The lowest BCUT2D eigenvalue weighted by Crippen LogP contribution is -2.37. The van der Waals surface area contributed by atoms with Gasteiger partial charge in [-0.1, -0.05) is 15.9 Å². The summed E-state index contributed by atoms with van der Waals surface area (Å²) in [6.45, 7) is 2.02. The largest absolute Gasteiger partial charge is 0.381 e. The molecule has 1 nitrogen and oxygen atoms in total. The fourth-order valence-electron chi connectivity index (χ4n) is 1.85. The highest BCUT2D eigenvalue weighted by Gasteiger charge is 2.45. The van der Waals surface area contributed by atoms with Gasteiger partial charge in [0.15, 0.2) is 0 Å². The molecule has 0 bridgehead atoms. The van der Waals surface area contributed by atoms with E-state index in [0.717, 1.165) is 18.0 Å². The number of hydrogen-bond acceptors (Lipinski definition) is 1. The summed E-state index contributed by atoms with van der Waals surface area (Å²) in [5, 5.41) is 0. The molecule has 1 aliphatic heterocycles. The maximum atomic E-state index is 5.33. The molecule has 0 N–H and O–H groups in total. The van der Waals surface area contributed by atoms with Crippen molar-refractivity contribution < 1.29 is 4.74 Å². The van der Waals surface area contributed by atoms with Crippen molar-refractivity contribution in [2.24, 2.45) is 5.41 Å². The third-order valence-corrected chi connectivity index (χ3v) is 3.14. The van der Waals surface area contributed by atoms with Crippen LogP contribution in [0, 0.1) is 5.41 Å². The van der Waals surface area contributed by atoms with Crippen LogP contribution in [0.4, 0.5) is 0 Å². The van der Waals surface area contributed by atoms with Crippen molar-refractivity contribution in [1.82, 2.24) is 0 Å². The first kappa shape index (κ1) is 6.17. The van der Waals surface area contributed by atoms with Crippen molar-refractivity contribution in [2.45, 2.75) is 24.1 Å².